The third-order valence-electron chi connectivity index (χ3n) is 1.77. The highest BCUT2D eigenvalue weighted by atomic mass is 32.2. The highest BCUT2D eigenvalue weighted by Gasteiger charge is 2.02. The van der Waals surface area contributed by atoms with E-state index in [4.69, 9.17) is 5.73 Å². The molecule has 0 aromatic heterocycles. The summed E-state index contributed by atoms with van der Waals surface area (Å²) in [5.41, 5.74) is 8.60. The first-order chi connectivity index (χ1) is 5.61. The van der Waals surface area contributed by atoms with E-state index in [2.05, 4.69) is 0 Å². The Morgan fingerprint density at radius 1 is 1.50 bits per heavy atom. The minimum absolute atomic E-state index is 0.549. The summed E-state index contributed by atoms with van der Waals surface area (Å²) in [7, 11) is -0.815. The van der Waals surface area contributed by atoms with E-state index in [-0.39, 0.29) is 0 Å². The molecule has 1 aromatic carbocycles. The van der Waals surface area contributed by atoms with Gasteiger partial charge in [0.25, 0.3) is 0 Å². The number of nitrogens with two attached hydrogens (primary N) is 1. The second kappa shape index (κ2) is 3.72. The van der Waals surface area contributed by atoms with Crippen molar-refractivity contribution < 1.29 is 4.21 Å². The first-order valence-corrected chi connectivity index (χ1v) is 5.48. The Balaban J connectivity index is 3.00. The van der Waals surface area contributed by atoms with E-state index in [9.17, 15) is 4.21 Å². The maximum atomic E-state index is 10.9. The Labute approximate surface area is 75.2 Å². The van der Waals surface area contributed by atoms with Crippen molar-refractivity contribution in [1.29, 1.82) is 0 Å². The number of rotatable bonds is 2. The summed E-state index contributed by atoms with van der Waals surface area (Å²) in [6.07, 6.45) is 1.68. The molecule has 1 rings (SSSR count). The van der Waals surface area contributed by atoms with Crippen LogP contribution in [0.15, 0.2) is 18.2 Å². The van der Waals surface area contributed by atoms with Crippen LogP contribution in [0.3, 0.4) is 0 Å². The molecule has 0 saturated carbocycles. The smallest absolute Gasteiger partial charge is 0.0503 e. The third kappa shape index (κ3) is 2.08. The Hall–Kier alpha value is -0.830. The molecule has 0 aliphatic rings. The summed E-state index contributed by atoms with van der Waals surface area (Å²) in [5.74, 6) is 0.549. The van der Waals surface area contributed by atoms with E-state index in [1.54, 1.807) is 6.26 Å². The molecule has 66 valence electrons. The summed E-state index contributed by atoms with van der Waals surface area (Å²) >= 11 is 0. The van der Waals surface area contributed by atoms with E-state index in [1.165, 1.54) is 0 Å². The first kappa shape index (κ1) is 9.26. The predicted molar refractivity (Wildman–Crippen MR) is 53.4 cm³/mol. The average Bonchev–Trinajstić information content (AvgIpc) is 1.98. The number of benzene rings is 1. The van der Waals surface area contributed by atoms with Crippen LogP contribution in [0.1, 0.15) is 11.1 Å². The highest BCUT2D eigenvalue weighted by molar-refractivity contribution is 7.83. The van der Waals surface area contributed by atoms with E-state index in [1.807, 2.05) is 25.1 Å². The molecule has 0 aliphatic heterocycles. The third-order valence-corrected chi connectivity index (χ3v) is 2.49. The number of para-hydroxylation sites is 1. The molecule has 0 amide bonds. The average molecular weight is 183 g/mol. The number of hydrogen-bond acceptors (Lipinski definition) is 2. The SMILES string of the molecule is Cc1cccc(CS(C)=O)c1N. The molecule has 3 heteroatoms. The van der Waals surface area contributed by atoms with Crippen molar-refractivity contribution in [1.82, 2.24) is 0 Å². The van der Waals surface area contributed by atoms with Crippen LogP contribution < -0.4 is 5.73 Å². The lowest BCUT2D eigenvalue weighted by molar-refractivity contribution is 0.686. The normalized spacial score (nSPS) is 12.8. The molecular weight excluding hydrogens is 170 g/mol. The zero-order valence-electron chi connectivity index (χ0n) is 7.33. The van der Waals surface area contributed by atoms with Gasteiger partial charge < -0.3 is 5.73 Å². The van der Waals surface area contributed by atoms with Crippen LogP contribution in [0.25, 0.3) is 0 Å². The molecule has 0 radical (unpaired) electrons. The van der Waals surface area contributed by atoms with Crippen LogP contribution in [0.5, 0.6) is 0 Å². The van der Waals surface area contributed by atoms with Crippen molar-refractivity contribution in [2.45, 2.75) is 12.7 Å². The minimum Gasteiger partial charge on any atom is -0.398 e. The second-order valence-corrected chi connectivity index (χ2v) is 4.30. The first-order valence-electron chi connectivity index (χ1n) is 3.75. The molecule has 0 fully saturated rings. The quantitative estimate of drug-likeness (QED) is 0.705. The van der Waals surface area contributed by atoms with E-state index < -0.39 is 10.8 Å². The fourth-order valence-corrected chi connectivity index (χ4v) is 1.78. The Kier molecular flexibility index (Phi) is 2.87. The van der Waals surface area contributed by atoms with Gasteiger partial charge >= 0.3 is 0 Å². The molecule has 0 heterocycles. The fourth-order valence-electron chi connectivity index (χ4n) is 1.09. The van der Waals surface area contributed by atoms with Gasteiger partial charge in [-0.25, -0.2) is 0 Å². The summed E-state index contributed by atoms with van der Waals surface area (Å²) < 4.78 is 10.9. The molecule has 0 bridgehead atoms. The van der Waals surface area contributed by atoms with Crippen molar-refractivity contribution in [2.75, 3.05) is 12.0 Å². The van der Waals surface area contributed by atoms with E-state index in [0.717, 1.165) is 16.8 Å². The zero-order valence-corrected chi connectivity index (χ0v) is 8.15. The molecule has 1 aromatic rings. The van der Waals surface area contributed by atoms with Crippen LogP contribution in [-0.4, -0.2) is 10.5 Å². The van der Waals surface area contributed by atoms with Gasteiger partial charge in [0, 0.05) is 22.7 Å². The van der Waals surface area contributed by atoms with E-state index >= 15 is 0 Å². The van der Waals surface area contributed by atoms with Crippen molar-refractivity contribution in [3.63, 3.8) is 0 Å². The van der Waals surface area contributed by atoms with Gasteiger partial charge in [0.1, 0.15) is 0 Å². The summed E-state index contributed by atoms with van der Waals surface area (Å²) in [6.45, 7) is 1.96. The van der Waals surface area contributed by atoms with Crippen LogP contribution >= 0.6 is 0 Å². The number of aryl methyl sites for hydroxylation is 1. The molecule has 0 saturated heterocycles. The van der Waals surface area contributed by atoms with Gasteiger partial charge in [-0.3, -0.25) is 4.21 Å². The fraction of sp³-hybridized carbons (Fsp3) is 0.333. The van der Waals surface area contributed by atoms with Crippen molar-refractivity contribution >= 4 is 16.5 Å². The molecule has 0 spiro atoms. The topological polar surface area (TPSA) is 43.1 Å². The van der Waals surface area contributed by atoms with Crippen molar-refractivity contribution in [3.05, 3.63) is 29.3 Å². The highest BCUT2D eigenvalue weighted by Crippen LogP contribution is 2.17. The van der Waals surface area contributed by atoms with Gasteiger partial charge in [0.15, 0.2) is 0 Å². The molecule has 1 atom stereocenters. The lowest BCUT2D eigenvalue weighted by atomic mass is 10.1. The Morgan fingerprint density at radius 2 is 2.17 bits per heavy atom. The monoisotopic (exact) mass is 183 g/mol. The molecule has 0 aliphatic carbocycles. The summed E-state index contributed by atoms with van der Waals surface area (Å²) in [4.78, 5) is 0. The maximum Gasteiger partial charge on any atom is 0.0503 e. The van der Waals surface area contributed by atoms with Crippen LogP contribution in [0, 0.1) is 6.92 Å². The molecule has 1 unspecified atom stereocenters. The number of nitrogen functional groups attached to an aromatic ring is 1. The Morgan fingerprint density at radius 3 is 2.75 bits per heavy atom. The standard InChI is InChI=1S/C9H13NOS/c1-7-4-3-5-8(9(7)10)6-12(2)11/h3-5H,6,10H2,1-2H3. The molecular formula is C9H13NOS. The van der Waals surface area contributed by atoms with E-state index in [0.29, 0.717) is 5.75 Å². The van der Waals surface area contributed by atoms with Crippen molar-refractivity contribution in [3.8, 4) is 0 Å². The summed E-state index contributed by atoms with van der Waals surface area (Å²) in [6, 6.07) is 5.81. The van der Waals surface area contributed by atoms with Gasteiger partial charge in [-0.2, -0.15) is 0 Å². The van der Waals surface area contributed by atoms with Crippen molar-refractivity contribution in [2.24, 2.45) is 0 Å². The zero-order chi connectivity index (χ0) is 9.14. The predicted octanol–water partition coefficient (Wildman–Crippen LogP) is 1.46. The lowest BCUT2D eigenvalue weighted by Gasteiger charge is -2.05. The largest absolute Gasteiger partial charge is 0.398 e. The maximum absolute atomic E-state index is 10.9. The molecule has 2 N–H and O–H groups in total. The van der Waals surface area contributed by atoms with Gasteiger partial charge in [0.2, 0.25) is 0 Å². The minimum atomic E-state index is -0.815. The van der Waals surface area contributed by atoms with Crippen LogP contribution in [0.2, 0.25) is 0 Å². The number of hydrogen-bond donors (Lipinski definition) is 1. The Bertz CT molecular complexity index is 309. The molecule has 2 nitrogen and oxygen atoms in total. The van der Waals surface area contributed by atoms with Gasteiger partial charge in [0.05, 0.1) is 5.75 Å². The van der Waals surface area contributed by atoms with Crippen LogP contribution in [-0.2, 0) is 16.6 Å². The lowest BCUT2D eigenvalue weighted by Crippen LogP contribution is -1.99. The van der Waals surface area contributed by atoms with Gasteiger partial charge in [-0.15, -0.1) is 0 Å². The van der Waals surface area contributed by atoms with Crippen LogP contribution in [0.4, 0.5) is 5.69 Å². The van der Waals surface area contributed by atoms with Gasteiger partial charge in [-0.1, -0.05) is 18.2 Å². The van der Waals surface area contributed by atoms with Gasteiger partial charge in [-0.05, 0) is 18.1 Å². The second-order valence-electron chi connectivity index (χ2n) is 2.87. The summed E-state index contributed by atoms with van der Waals surface area (Å²) in [5, 5.41) is 0. The molecule has 12 heavy (non-hydrogen) atoms. The number of anilines is 1.